The molecule has 0 unspecified atom stereocenters. The van der Waals surface area contributed by atoms with E-state index < -0.39 is 0 Å². The van der Waals surface area contributed by atoms with Crippen LogP contribution in [0.4, 0.5) is 5.69 Å². The van der Waals surface area contributed by atoms with E-state index in [-0.39, 0.29) is 12.5 Å². The van der Waals surface area contributed by atoms with Gasteiger partial charge in [-0.3, -0.25) is 9.79 Å². The molecule has 2 aromatic rings. The summed E-state index contributed by atoms with van der Waals surface area (Å²) in [4.78, 5) is 16.1. The highest BCUT2D eigenvalue weighted by atomic mass is 35.5. The van der Waals surface area contributed by atoms with Crippen molar-refractivity contribution in [2.45, 2.75) is 0 Å². The van der Waals surface area contributed by atoms with E-state index in [0.29, 0.717) is 27.0 Å². The van der Waals surface area contributed by atoms with Gasteiger partial charge in [-0.1, -0.05) is 53.5 Å². The minimum atomic E-state index is -0.171. The highest BCUT2D eigenvalue weighted by Gasteiger charge is 2.22. The number of hydrogen-bond acceptors (Lipinski definition) is 2. The van der Waals surface area contributed by atoms with Crippen molar-refractivity contribution in [3.8, 4) is 0 Å². The maximum absolute atomic E-state index is 11.7. The minimum Gasteiger partial charge on any atom is -0.324 e. The molecule has 20 heavy (non-hydrogen) atoms. The molecular formula is C15H10Cl2N2O. The van der Waals surface area contributed by atoms with Crippen molar-refractivity contribution in [1.29, 1.82) is 0 Å². The predicted octanol–water partition coefficient (Wildman–Crippen LogP) is 3.78. The monoisotopic (exact) mass is 304 g/mol. The van der Waals surface area contributed by atoms with E-state index in [2.05, 4.69) is 10.3 Å². The Balaban J connectivity index is 2.26. The van der Waals surface area contributed by atoms with Gasteiger partial charge in [0.15, 0.2) is 0 Å². The lowest BCUT2D eigenvalue weighted by Gasteiger charge is -2.12. The summed E-state index contributed by atoms with van der Waals surface area (Å²) in [7, 11) is 0. The van der Waals surface area contributed by atoms with Crippen LogP contribution < -0.4 is 5.32 Å². The van der Waals surface area contributed by atoms with E-state index in [0.717, 1.165) is 5.56 Å². The molecule has 1 amide bonds. The predicted molar refractivity (Wildman–Crippen MR) is 82.0 cm³/mol. The first-order valence-electron chi connectivity index (χ1n) is 6.05. The molecule has 0 saturated carbocycles. The zero-order valence-electron chi connectivity index (χ0n) is 10.4. The molecule has 2 aromatic carbocycles. The zero-order valence-corrected chi connectivity index (χ0v) is 11.9. The van der Waals surface area contributed by atoms with E-state index in [1.165, 1.54) is 0 Å². The number of nitrogens with zero attached hydrogens (tertiary/aromatic N) is 1. The summed E-state index contributed by atoms with van der Waals surface area (Å²) in [6.45, 7) is 0.0624. The van der Waals surface area contributed by atoms with Gasteiger partial charge in [0.25, 0.3) is 0 Å². The number of anilines is 1. The van der Waals surface area contributed by atoms with Crippen molar-refractivity contribution in [3.05, 3.63) is 63.6 Å². The standard InChI is InChI=1S/C15H10Cl2N2O/c16-10-6-7-11-13(14(10)17)15(18-8-12(20)19-11)9-4-2-1-3-5-9/h1-7H,8H2,(H,19,20). The maximum atomic E-state index is 11.7. The first kappa shape index (κ1) is 13.2. The van der Waals surface area contributed by atoms with E-state index >= 15 is 0 Å². The Morgan fingerprint density at radius 2 is 1.80 bits per heavy atom. The third kappa shape index (κ3) is 2.30. The first-order chi connectivity index (χ1) is 9.66. The Labute approximate surface area is 126 Å². The van der Waals surface area contributed by atoms with Crippen LogP contribution in [0.2, 0.25) is 10.0 Å². The van der Waals surface area contributed by atoms with Crippen molar-refractivity contribution >= 4 is 40.5 Å². The first-order valence-corrected chi connectivity index (χ1v) is 6.80. The zero-order chi connectivity index (χ0) is 14.1. The Kier molecular flexibility index (Phi) is 3.47. The van der Waals surface area contributed by atoms with Crippen LogP contribution in [0, 0.1) is 0 Å². The van der Waals surface area contributed by atoms with Crippen molar-refractivity contribution in [2.75, 3.05) is 11.9 Å². The quantitative estimate of drug-likeness (QED) is 0.856. The second-order valence-corrected chi connectivity index (χ2v) is 5.15. The molecule has 1 N–H and O–H groups in total. The topological polar surface area (TPSA) is 41.5 Å². The van der Waals surface area contributed by atoms with Gasteiger partial charge in [-0.15, -0.1) is 0 Å². The van der Waals surface area contributed by atoms with Crippen molar-refractivity contribution < 1.29 is 4.79 Å². The van der Waals surface area contributed by atoms with E-state index in [1.54, 1.807) is 12.1 Å². The van der Waals surface area contributed by atoms with Crippen LogP contribution in [0.15, 0.2) is 47.5 Å². The van der Waals surface area contributed by atoms with Crippen LogP contribution in [0.5, 0.6) is 0 Å². The Morgan fingerprint density at radius 3 is 2.55 bits per heavy atom. The molecule has 1 heterocycles. The number of aliphatic imine (C=N–C) groups is 1. The Hall–Kier alpha value is -1.84. The Bertz CT molecular complexity index is 711. The molecule has 3 nitrogen and oxygen atoms in total. The Morgan fingerprint density at radius 1 is 1.05 bits per heavy atom. The lowest BCUT2D eigenvalue weighted by atomic mass is 10.0. The van der Waals surface area contributed by atoms with E-state index in [9.17, 15) is 4.79 Å². The van der Waals surface area contributed by atoms with Crippen LogP contribution in [0.3, 0.4) is 0 Å². The number of carbonyl (C=O) groups is 1. The number of amides is 1. The largest absolute Gasteiger partial charge is 0.324 e. The van der Waals surface area contributed by atoms with Crippen LogP contribution >= 0.6 is 23.2 Å². The van der Waals surface area contributed by atoms with Gasteiger partial charge < -0.3 is 5.32 Å². The molecule has 5 heteroatoms. The average Bonchev–Trinajstić information content (AvgIpc) is 2.63. The number of rotatable bonds is 1. The summed E-state index contributed by atoms with van der Waals surface area (Å²) >= 11 is 12.4. The molecule has 0 radical (unpaired) electrons. The van der Waals surface area contributed by atoms with Crippen LogP contribution in [0.1, 0.15) is 11.1 Å². The van der Waals surface area contributed by atoms with Gasteiger partial charge in [-0.25, -0.2) is 0 Å². The van der Waals surface area contributed by atoms with Gasteiger partial charge in [0.05, 0.1) is 21.4 Å². The number of halogens is 2. The second-order valence-electron chi connectivity index (χ2n) is 4.36. The molecule has 0 atom stereocenters. The van der Waals surface area contributed by atoms with Gasteiger partial charge in [0.1, 0.15) is 6.54 Å². The fourth-order valence-electron chi connectivity index (χ4n) is 2.14. The number of nitrogens with one attached hydrogen (secondary N) is 1. The molecule has 1 aliphatic heterocycles. The number of carbonyl (C=O) groups excluding carboxylic acids is 1. The SMILES string of the molecule is O=C1CN=C(c2ccccc2)c2c(ccc(Cl)c2Cl)N1. The molecule has 0 saturated heterocycles. The van der Waals surface area contributed by atoms with Gasteiger partial charge in [-0.2, -0.15) is 0 Å². The number of benzodiazepines with no additional fused rings is 1. The van der Waals surface area contributed by atoms with Crippen molar-refractivity contribution in [1.82, 2.24) is 0 Å². The molecule has 0 aliphatic carbocycles. The highest BCUT2D eigenvalue weighted by molar-refractivity contribution is 6.45. The van der Waals surface area contributed by atoms with Gasteiger partial charge in [-0.05, 0) is 12.1 Å². The molecule has 0 bridgehead atoms. The lowest BCUT2D eigenvalue weighted by Crippen LogP contribution is -2.13. The molecular weight excluding hydrogens is 295 g/mol. The molecule has 100 valence electrons. The summed E-state index contributed by atoms with van der Waals surface area (Å²) in [5.74, 6) is -0.171. The smallest absolute Gasteiger partial charge is 0.246 e. The molecule has 3 rings (SSSR count). The maximum Gasteiger partial charge on any atom is 0.246 e. The van der Waals surface area contributed by atoms with Gasteiger partial charge in [0.2, 0.25) is 5.91 Å². The summed E-state index contributed by atoms with van der Waals surface area (Å²) < 4.78 is 0. The van der Waals surface area contributed by atoms with E-state index in [1.807, 2.05) is 30.3 Å². The van der Waals surface area contributed by atoms with Crippen molar-refractivity contribution in [2.24, 2.45) is 4.99 Å². The number of benzene rings is 2. The average molecular weight is 305 g/mol. The normalized spacial score (nSPS) is 14.1. The lowest BCUT2D eigenvalue weighted by molar-refractivity contribution is -0.114. The summed E-state index contributed by atoms with van der Waals surface area (Å²) in [6.07, 6.45) is 0. The highest BCUT2D eigenvalue weighted by Crippen LogP contribution is 2.34. The third-order valence-electron chi connectivity index (χ3n) is 3.03. The number of hydrogen-bond donors (Lipinski definition) is 1. The summed E-state index contributed by atoms with van der Waals surface area (Å²) in [5.41, 5.74) is 2.86. The van der Waals surface area contributed by atoms with Gasteiger partial charge in [0, 0.05) is 11.1 Å². The molecule has 1 aliphatic rings. The third-order valence-corrected chi connectivity index (χ3v) is 3.84. The second kappa shape index (κ2) is 5.27. The summed E-state index contributed by atoms with van der Waals surface area (Å²) in [6, 6.07) is 13.0. The van der Waals surface area contributed by atoms with Crippen LogP contribution in [-0.2, 0) is 4.79 Å². The minimum absolute atomic E-state index is 0.0624. The van der Waals surface area contributed by atoms with Gasteiger partial charge >= 0.3 is 0 Å². The van der Waals surface area contributed by atoms with Crippen LogP contribution in [0.25, 0.3) is 0 Å². The fraction of sp³-hybridized carbons (Fsp3) is 0.0667. The molecule has 0 aromatic heterocycles. The molecule has 0 spiro atoms. The van der Waals surface area contributed by atoms with Crippen molar-refractivity contribution in [3.63, 3.8) is 0 Å². The number of fused-ring (bicyclic) bond motifs is 1. The van der Waals surface area contributed by atoms with E-state index in [4.69, 9.17) is 23.2 Å². The van der Waals surface area contributed by atoms with Crippen LogP contribution in [-0.4, -0.2) is 18.2 Å². The fourth-order valence-corrected chi connectivity index (χ4v) is 2.55. The molecule has 0 fully saturated rings. The summed E-state index contributed by atoms with van der Waals surface area (Å²) in [5, 5.41) is 3.63.